The van der Waals surface area contributed by atoms with Crippen molar-refractivity contribution in [1.29, 1.82) is 0 Å². The SMILES string of the molecule is COc1cccc(Cn2c(-c3csc(Nc4ccccc4)n3)cc(C(N)=O)c2C)c1. The number of para-hydroxylation sites is 1. The molecule has 6 nitrogen and oxygen atoms in total. The highest BCUT2D eigenvalue weighted by Crippen LogP contribution is 2.31. The molecule has 0 radical (unpaired) electrons. The summed E-state index contributed by atoms with van der Waals surface area (Å²) in [6.45, 7) is 2.48. The van der Waals surface area contributed by atoms with Gasteiger partial charge in [-0.05, 0) is 42.8 Å². The Morgan fingerprint density at radius 2 is 1.97 bits per heavy atom. The van der Waals surface area contributed by atoms with Gasteiger partial charge in [0.25, 0.3) is 5.91 Å². The first-order valence-corrected chi connectivity index (χ1v) is 10.3. The standard InChI is InChI=1S/C23H22N4O2S/c1-15-19(22(24)28)12-21(27(15)13-16-7-6-10-18(11-16)29-2)20-14-30-23(26-20)25-17-8-4-3-5-9-17/h3-12,14H,13H2,1-2H3,(H2,24,28)(H,25,26). The fourth-order valence-corrected chi connectivity index (χ4v) is 4.08. The molecule has 0 bridgehead atoms. The normalized spacial score (nSPS) is 10.7. The second-order valence-electron chi connectivity index (χ2n) is 6.86. The number of hydrogen-bond donors (Lipinski definition) is 2. The van der Waals surface area contributed by atoms with Crippen molar-refractivity contribution >= 4 is 28.1 Å². The van der Waals surface area contributed by atoms with Crippen molar-refractivity contribution in [3.05, 3.63) is 82.9 Å². The molecule has 1 amide bonds. The molecule has 2 aromatic heterocycles. The van der Waals surface area contributed by atoms with Crippen molar-refractivity contribution in [2.45, 2.75) is 13.5 Å². The highest BCUT2D eigenvalue weighted by Gasteiger charge is 2.19. The summed E-state index contributed by atoms with van der Waals surface area (Å²) in [4.78, 5) is 16.7. The first-order chi connectivity index (χ1) is 14.5. The molecule has 0 unspecified atom stereocenters. The van der Waals surface area contributed by atoms with Crippen LogP contribution in [0.4, 0.5) is 10.8 Å². The number of amides is 1. The maximum absolute atomic E-state index is 12.0. The lowest BCUT2D eigenvalue weighted by Crippen LogP contribution is -2.12. The molecule has 7 heteroatoms. The zero-order chi connectivity index (χ0) is 21.1. The molecule has 0 aliphatic rings. The molecule has 30 heavy (non-hydrogen) atoms. The smallest absolute Gasteiger partial charge is 0.250 e. The van der Waals surface area contributed by atoms with Crippen molar-refractivity contribution in [3.8, 4) is 17.1 Å². The lowest BCUT2D eigenvalue weighted by atomic mass is 10.2. The molecule has 2 aromatic carbocycles. The highest BCUT2D eigenvalue weighted by atomic mass is 32.1. The average Bonchev–Trinajstić information content (AvgIpc) is 3.34. The van der Waals surface area contributed by atoms with Gasteiger partial charge < -0.3 is 20.4 Å². The second-order valence-corrected chi connectivity index (χ2v) is 7.72. The van der Waals surface area contributed by atoms with E-state index in [2.05, 4.69) is 9.88 Å². The van der Waals surface area contributed by atoms with Crippen LogP contribution in [0.1, 0.15) is 21.6 Å². The molecule has 0 saturated heterocycles. The molecular formula is C23H22N4O2S. The number of nitrogens with zero attached hydrogens (tertiary/aromatic N) is 2. The number of aromatic nitrogens is 2. The summed E-state index contributed by atoms with van der Waals surface area (Å²) in [5.41, 5.74) is 10.6. The van der Waals surface area contributed by atoms with Crippen LogP contribution in [0.2, 0.25) is 0 Å². The number of nitrogens with one attached hydrogen (secondary N) is 1. The summed E-state index contributed by atoms with van der Waals surface area (Å²) in [6.07, 6.45) is 0. The molecule has 3 N–H and O–H groups in total. The van der Waals surface area contributed by atoms with Crippen molar-refractivity contribution in [1.82, 2.24) is 9.55 Å². The summed E-state index contributed by atoms with van der Waals surface area (Å²) in [6, 6.07) is 19.6. The number of ether oxygens (including phenoxy) is 1. The Balaban J connectivity index is 1.70. The van der Waals surface area contributed by atoms with E-state index in [1.54, 1.807) is 7.11 Å². The first kappa shape index (κ1) is 19.7. The first-order valence-electron chi connectivity index (χ1n) is 9.46. The Morgan fingerprint density at radius 1 is 1.17 bits per heavy atom. The van der Waals surface area contributed by atoms with Gasteiger partial charge in [-0.3, -0.25) is 4.79 Å². The number of carbonyl (C=O) groups is 1. The van der Waals surface area contributed by atoms with Crippen LogP contribution < -0.4 is 15.8 Å². The van der Waals surface area contributed by atoms with E-state index in [-0.39, 0.29) is 0 Å². The van der Waals surface area contributed by atoms with Crippen LogP contribution in [0.3, 0.4) is 0 Å². The topological polar surface area (TPSA) is 82.2 Å². The third kappa shape index (κ3) is 4.06. The summed E-state index contributed by atoms with van der Waals surface area (Å²) < 4.78 is 7.40. The number of hydrogen-bond acceptors (Lipinski definition) is 5. The van der Waals surface area contributed by atoms with Crippen molar-refractivity contribution < 1.29 is 9.53 Å². The molecule has 0 aliphatic heterocycles. The number of nitrogens with two attached hydrogens (primary N) is 1. The maximum atomic E-state index is 12.0. The van der Waals surface area contributed by atoms with Crippen LogP contribution in [-0.4, -0.2) is 22.6 Å². The van der Waals surface area contributed by atoms with Gasteiger partial charge in [-0.25, -0.2) is 4.98 Å². The van der Waals surface area contributed by atoms with Crippen LogP contribution in [0.25, 0.3) is 11.4 Å². The largest absolute Gasteiger partial charge is 0.497 e. The van der Waals surface area contributed by atoms with Gasteiger partial charge in [-0.2, -0.15) is 0 Å². The Kier molecular flexibility index (Phi) is 5.54. The van der Waals surface area contributed by atoms with E-state index in [1.807, 2.05) is 73.0 Å². The monoisotopic (exact) mass is 418 g/mol. The molecule has 4 aromatic rings. The lowest BCUT2D eigenvalue weighted by molar-refractivity contribution is 0.0999. The van der Waals surface area contributed by atoms with Gasteiger partial charge in [0, 0.05) is 23.3 Å². The predicted molar refractivity (Wildman–Crippen MR) is 121 cm³/mol. The Hall–Kier alpha value is -3.58. The van der Waals surface area contributed by atoms with Gasteiger partial charge in [-0.1, -0.05) is 30.3 Å². The average molecular weight is 419 g/mol. The number of carbonyl (C=O) groups excluding carboxylic acids is 1. The second kappa shape index (κ2) is 8.42. The Morgan fingerprint density at radius 3 is 2.70 bits per heavy atom. The van der Waals surface area contributed by atoms with Crippen LogP contribution in [-0.2, 0) is 6.54 Å². The molecule has 0 saturated carbocycles. The number of methoxy groups -OCH3 is 1. The molecule has 0 fully saturated rings. The minimum absolute atomic E-state index is 0.448. The van der Waals surface area contributed by atoms with E-state index in [4.69, 9.17) is 15.5 Å². The Labute approximate surface area is 179 Å². The molecule has 0 atom stereocenters. The van der Waals surface area contributed by atoms with E-state index in [0.29, 0.717) is 12.1 Å². The lowest BCUT2D eigenvalue weighted by Gasteiger charge is -2.12. The predicted octanol–water partition coefficient (Wildman–Crippen LogP) is 4.82. The van der Waals surface area contributed by atoms with Crippen molar-refractivity contribution in [3.63, 3.8) is 0 Å². The van der Waals surface area contributed by atoms with Crippen LogP contribution in [0.15, 0.2) is 66.0 Å². The van der Waals surface area contributed by atoms with Crippen LogP contribution >= 0.6 is 11.3 Å². The summed E-state index contributed by atoms with van der Waals surface area (Å²) in [5, 5.41) is 6.07. The maximum Gasteiger partial charge on any atom is 0.250 e. The molecule has 2 heterocycles. The van der Waals surface area contributed by atoms with Gasteiger partial charge >= 0.3 is 0 Å². The summed E-state index contributed by atoms with van der Waals surface area (Å²) in [7, 11) is 1.65. The fraction of sp³-hybridized carbons (Fsp3) is 0.130. The van der Waals surface area contributed by atoms with E-state index in [1.165, 1.54) is 11.3 Å². The molecule has 152 valence electrons. The molecule has 4 rings (SSSR count). The molecular weight excluding hydrogens is 396 g/mol. The van der Waals surface area contributed by atoms with Gasteiger partial charge in [0.05, 0.1) is 24.1 Å². The van der Waals surface area contributed by atoms with E-state index >= 15 is 0 Å². The van der Waals surface area contributed by atoms with Crippen molar-refractivity contribution in [2.24, 2.45) is 5.73 Å². The van der Waals surface area contributed by atoms with Gasteiger partial charge in [0.2, 0.25) is 0 Å². The minimum Gasteiger partial charge on any atom is -0.497 e. The van der Waals surface area contributed by atoms with Gasteiger partial charge in [-0.15, -0.1) is 11.3 Å². The summed E-state index contributed by atoms with van der Waals surface area (Å²) in [5.74, 6) is 0.341. The van der Waals surface area contributed by atoms with Crippen LogP contribution in [0.5, 0.6) is 5.75 Å². The zero-order valence-corrected chi connectivity index (χ0v) is 17.6. The number of rotatable bonds is 7. The minimum atomic E-state index is -0.448. The molecule has 0 spiro atoms. The number of benzene rings is 2. The van der Waals surface area contributed by atoms with Crippen molar-refractivity contribution in [2.75, 3.05) is 12.4 Å². The third-order valence-corrected chi connectivity index (χ3v) is 5.66. The molecule has 0 aliphatic carbocycles. The number of anilines is 2. The highest BCUT2D eigenvalue weighted by molar-refractivity contribution is 7.14. The van der Waals surface area contributed by atoms with Crippen LogP contribution in [0, 0.1) is 6.92 Å². The van der Waals surface area contributed by atoms with E-state index in [9.17, 15) is 4.79 Å². The number of thiazole rings is 1. The van der Waals surface area contributed by atoms with E-state index < -0.39 is 5.91 Å². The van der Waals surface area contributed by atoms with E-state index in [0.717, 1.165) is 39.2 Å². The number of primary amides is 1. The Bertz CT molecular complexity index is 1180. The fourth-order valence-electron chi connectivity index (χ4n) is 3.36. The zero-order valence-electron chi connectivity index (χ0n) is 16.8. The van der Waals surface area contributed by atoms with Gasteiger partial charge in [0.15, 0.2) is 5.13 Å². The third-order valence-electron chi connectivity index (χ3n) is 4.90. The van der Waals surface area contributed by atoms with Gasteiger partial charge in [0.1, 0.15) is 5.75 Å². The summed E-state index contributed by atoms with van der Waals surface area (Å²) >= 11 is 1.51. The quantitative estimate of drug-likeness (QED) is 0.451.